The summed E-state index contributed by atoms with van der Waals surface area (Å²) in [5.74, 6) is 0. The van der Waals surface area contributed by atoms with Crippen molar-refractivity contribution in [1.82, 2.24) is 0 Å². The van der Waals surface area contributed by atoms with Crippen LogP contribution in [0.1, 0.15) is 52.4 Å². The minimum atomic E-state index is -3.27. The predicted molar refractivity (Wildman–Crippen MR) is 60.0 cm³/mol. The molecule has 0 unspecified atom stereocenters. The molecule has 0 aliphatic heterocycles. The second-order valence-electron chi connectivity index (χ2n) is 3.69. The molecular formula is C10H24O3Si. The van der Waals surface area contributed by atoms with Crippen LogP contribution >= 0.6 is 0 Å². The summed E-state index contributed by atoms with van der Waals surface area (Å²) < 4.78 is 4.91. The van der Waals surface area contributed by atoms with Crippen molar-refractivity contribution in [2.24, 2.45) is 0 Å². The average Bonchev–Trinajstić information content (AvgIpc) is 2.11. The van der Waals surface area contributed by atoms with Crippen molar-refractivity contribution in [1.29, 1.82) is 0 Å². The molecule has 4 heteroatoms. The number of hydrogen-bond acceptors (Lipinski definition) is 3. The highest BCUT2D eigenvalue weighted by molar-refractivity contribution is 6.57. The van der Waals surface area contributed by atoms with E-state index in [-0.39, 0.29) is 0 Å². The molecule has 86 valence electrons. The Morgan fingerprint density at radius 3 is 2.07 bits per heavy atom. The maximum atomic E-state index is 9.39. The Balaban J connectivity index is 3.26. The van der Waals surface area contributed by atoms with Crippen LogP contribution in [0.5, 0.6) is 0 Å². The fraction of sp³-hybridized carbons (Fsp3) is 1.00. The van der Waals surface area contributed by atoms with Gasteiger partial charge in [-0.3, -0.25) is 0 Å². The summed E-state index contributed by atoms with van der Waals surface area (Å²) in [6.45, 7) is 4.37. The molecule has 0 fully saturated rings. The van der Waals surface area contributed by atoms with Gasteiger partial charge in [0, 0.05) is 12.7 Å². The van der Waals surface area contributed by atoms with Crippen molar-refractivity contribution in [3.8, 4) is 0 Å². The van der Waals surface area contributed by atoms with E-state index in [1.807, 2.05) is 0 Å². The highest BCUT2D eigenvalue weighted by Crippen LogP contribution is 2.12. The molecule has 0 aromatic rings. The summed E-state index contributed by atoms with van der Waals surface area (Å²) in [6, 6.07) is 0.451. The lowest BCUT2D eigenvalue weighted by Crippen LogP contribution is -2.38. The van der Waals surface area contributed by atoms with E-state index in [0.29, 0.717) is 12.7 Å². The van der Waals surface area contributed by atoms with E-state index in [1.165, 1.54) is 25.7 Å². The van der Waals surface area contributed by atoms with Crippen LogP contribution in [-0.4, -0.2) is 25.0 Å². The third-order valence-electron chi connectivity index (χ3n) is 2.23. The van der Waals surface area contributed by atoms with E-state index in [1.54, 1.807) is 6.92 Å². The summed E-state index contributed by atoms with van der Waals surface area (Å²) in [7, 11) is -3.27. The number of rotatable bonds is 9. The van der Waals surface area contributed by atoms with Crippen LogP contribution in [0, 0.1) is 0 Å². The van der Waals surface area contributed by atoms with Gasteiger partial charge in [-0.2, -0.15) is 0 Å². The van der Waals surface area contributed by atoms with Gasteiger partial charge in [0.15, 0.2) is 0 Å². The fourth-order valence-electron chi connectivity index (χ4n) is 1.44. The molecule has 0 radical (unpaired) electrons. The molecule has 0 rings (SSSR count). The normalized spacial score (nSPS) is 12.0. The van der Waals surface area contributed by atoms with Gasteiger partial charge >= 0.3 is 8.80 Å². The van der Waals surface area contributed by atoms with Crippen LogP contribution in [0.15, 0.2) is 0 Å². The molecule has 14 heavy (non-hydrogen) atoms. The van der Waals surface area contributed by atoms with E-state index in [0.717, 1.165) is 12.8 Å². The summed E-state index contributed by atoms with van der Waals surface area (Å²) >= 11 is 0. The molecule has 3 nitrogen and oxygen atoms in total. The van der Waals surface area contributed by atoms with Crippen LogP contribution in [0.2, 0.25) is 6.04 Å². The van der Waals surface area contributed by atoms with Gasteiger partial charge in [0.25, 0.3) is 0 Å². The summed E-state index contributed by atoms with van der Waals surface area (Å²) in [5.41, 5.74) is 0. The van der Waals surface area contributed by atoms with E-state index < -0.39 is 8.80 Å². The van der Waals surface area contributed by atoms with Gasteiger partial charge in [-0.15, -0.1) is 0 Å². The summed E-state index contributed by atoms with van der Waals surface area (Å²) in [6.07, 6.45) is 6.96. The molecule has 0 bridgehead atoms. The quantitative estimate of drug-likeness (QED) is 0.463. The predicted octanol–water partition coefficient (Wildman–Crippen LogP) is 2.31. The summed E-state index contributed by atoms with van der Waals surface area (Å²) in [4.78, 5) is 18.8. The Hall–Kier alpha value is 0.0969. The van der Waals surface area contributed by atoms with Gasteiger partial charge in [0.2, 0.25) is 0 Å². The molecule has 2 N–H and O–H groups in total. The Morgan fingerprint density at radius 2 is 1.50 bits per heavy atom. The van der Waals surface area contributed by atoms with Crippen molar-refractivity contribution in [2.75, 3.05) is 6.61 Å². The van der Waals surface area contributed by atoms with E-state index in [4.69, 9.17) is 4.43 Å². The van der Waals surface area contributed by atoms with Crippen LogP contribution in [0.3, 0.4) is 0 Å². The SMILES string of the molecule is CCCCCCCC[Si](O)(O)OCC. The molecule has 0 saturated carbocycles. The van der Waals surface area contributed by atoms with E-state index in [2.05, 4.69) is 6.92 Å². The van der Waals surface area contributed by atoms with Crippen molar-refractivity contribution in [2.45, 2.75) is 58.4 Å². The maximum absolute atomic E-state index is 9.39. The molecule has 0 saturated heterocycles. The minimum absolute atomic E-state index is 0.398. The molecule has 0 spiro atoms. The van der Waals surface area contributed by atoms with Crippen molar-refractivity contribution >= 4 is 8.80 Å². The highest BCUT2D eigenvalue weighted by Gasteiger charge is 2.30. The van der Waals surface area contributed by atoms with Crippen molar-refractivity contribution in [3.05, 3.63) is 0 Å². The van der Waals surface area contributed by atoms with Crippen molar-refractivity contribution in [3.63, 3.8) is 0 Å². The molecule has 0 atom stereocenters. The standard InChI is InChI=1S/C10H24O3Si/c1-3-5-6-7-8-9-10-14(11,12)13-4-2/h11-12H,3-10H2,1-2H3. The molecule has 0 heterocycles. The largest absolute Gasteiger partial charge is 0.495 e. The Kier molecular flexibility index (Phi) is 8.47. The molecule has 0 aromatic carbocycles. The second kappa shape index (κ2) is 8.41. The first kappa shape index (κ1) is 14.1. The van der Waals surface area contributed by atoms with Crippen LogP contribution < -0.4 is 0 Å². The summed E-state index contributed by atoms with van der Waals surface area (Å²) in [5, 5.41) is 0. The monoisotopic (exact) mass is 220 g/mol. The fourth-order valence-corrected chi connectivity index (χ4v) is 2.76. The van der Waals surface area contributed by atoms with Gasteiger partial charge in [-0.25, -0.2) is 0 Å². The third kappa shape index (κ3) is 8.68. The zero-order valence-electron chi connectivity index (χ0n) is 9.46. The Labute approximate surface area is 88.5 Å². The van der Waals surface area contributed by atoms with Crippen molar-refractivity contribution < 1.29 is 14.0 Å². The van der Waals surface area contributed by atoms with Gasteiger partial charge in [-0.05, 0) is 13.3 Å². The zero-order chi connectivity index (χ0) is 10.9. The third-order valence-corrected chi connectivity index (χ3v) is 3.99. The van der Waals surface area contributed by atoms with Gasteiger partial charge < -0.3 is 14.0 Å². The van der Waals surface area contributed by atoms with E-state index >= 15 is 0 Å². The molecule has 0 aromatic heterocycles. The van der Waals surface area contributed by atoms with Gasteiger partial charge in [0.05, 0.1) is 0 Å². The molecule has 0 aliphatic rings. The minimum Gasteiger partial charge on any atom is -0.390 e. The number of hydrogen-bond donors (Lipinski definition) is 2. The second-order valence-corrected chi connectivity index (χ2v) is 5.97. The molecule has 0 amide bonds. The lowest BCUT2D eigenvalue weighted by atomic mass is 10.1. The smallest absolute Gasteiger partial charge is 0.390 e. The Bertz CT molecular complexity index is 129. The van der Waals surface area contributed by atoms with Gasteiger partial charge in [0.1, 0.15) is 0 Å². The van der Waals surface area contributed by atoms with Crippen LogP contribution in [-0.2, 0) is 4.43 Å². The first-order valence-corrected chi connectivity index (χ1v) is 7.72. The number of unbranched alkanes of at least 4 members (excludes halogenated alkanes) is 5. The van der Waals surface area contributed by atoms with Gasteiger partial charge in [-0.1, -0.05) is 39.0 Å². The average molecular weight is 220 g/mol. The first-order valence-electron chi connectivity index (χ1n) is 5.71. The maximum Gasteiger partial charge on any atom is 0.495 e. The molecule has 0 aliphatic carbocycles. The lowest BCUT2D eigenvalue weighted by molar-refractivity contribution is 0.154. The zero-order valence-corrected chi connectivity index (χ0v) is 10.5. The van der Waals surface area contributed by atoms with E-state index in [9.17, 15) is 9.59 Å². The topological polar surface area (TPSA) is 49.7 Å². The Morgan fingerprint density at radius 1 is 0.929 bits per heavy atom. The molecular weight excluding hydrogens is 196 g/mol. The first-order chi connectivity index (χ1) is 6.62. The lowest BCUT2D eigenvalue weighted by Gasteiger charge is -2.16. The highest BCUT2D eigenvalue weighted by atomic mass is 28.4. The van der Waals surface area contributed by atoms with Crippen LogP contribution in [0.4, 0.5) is 0 Å². The van der Waals surface area contributed by atoms with Crippen LogP contribution in [0.25, 0.3) is 0 Å².